The number of carbonyl (C=O) groups is 1. The molecule has 0 saturated carbocycles. The van der Waals surface area contributed by atoms with Crippen LogP contribution in [0.3, 0.4) is 0 Å². The van der Waals surface area contributed by atoms with E-state index in [-0.39, 0.29) is 10.8 Å². The molecule has 2 N–H and O–H groups in total. The Balaban J connectivity index is 1.98. The number of hydrogen-bond acceptors (Lipinski definition) is 4. The van der Waals surface area contributed by atoms with Crippen molar-refractivity contribution in [1.82, 2.24) is 14.9 Å². The zero-order chi connectivity index (χ0) is 19.2. The second-order valence-electron chi connectivity index (χ2n) is 7.30. The summed E-state index contributed by atoms with van der Waals surface area (Å²) in [5.41, 5.74) is 0.472. The van der Waals surface area contributed by atoms with E-state index in [9.17, 15) is 13.2 Å². The van der Waals surface area contributed by atoms with Gasteiger partial charge in [-0.05, 0) is 55.5 Å². The first-order valence-electron chi connectivity index (χ1n) is 9.43. The van der Waals surface area contributed by atoms with Crippen LogP contribution in [0, 0.1) is 11.8 Å². The van der Waals surface area contributed by atoms with Crippen molar-refractivity contribution in [3.63, 3.8) is 0 Å². The number of nitrogens with one attached hydrogen (secondary N) is 2. The lowest BCUT2D eigenvalue weighted by molar-refractivity contribution is 0.0954. The van der Waals surface area contributed by atoms with Gasteiger partial charge in [0.05, 0.1) is 4.90 Å². The minimum Gasteiger partial charge on any atom is -0.351 e. The van der Waals surface area contributed by atoms with Crippen LogP contribution >= 0.6 is 0 Å². The van der Waals surface area contributed by atoms with Gasteiger partial charge < -0.3 is 10.6 Å². The molecule has 1 amide bonds. The Bertz CT molecular complexity index is 678. The van der Waals surface area contributed by atoms with Crippen LogP contribution in [0.1, 0.15) is 44.0 Å². The van der Waals surface area contributed by atoms with Gasteiger partial charge in [0.1, 0.15) is 0 Å². The van der Waals surface area contributed by atoms with E-state index in [1.807, 2.05) is 0 Å². The van der Waals surface area contributed by atoms with Gasteiger partial charge in [-0.25, -0.2) is 8.42 Å². The van der Waals surface area contributed by atoms with E-state index in [0.29, 0.717) is 37.0 Å². The van der Waals surface area contributed by atoms with Gasteiger partial charge in [0.15, 0.2) is 0 Å². The van der Waals surface area contributed by atoms with Crippen LogP contribution in [0.2, 0.25) is 0 Å². The van der Waals surface area contributed by atoms with Crippen molar-refractivity contribution in [3.05, 3.63) is 29.8 Å². The Kier molecular flexibility index (Phi) is 7.61. The minimum atomic E-state index is -3.51. The number of carbonyl (C=O) groups excluding carboxylic acids is 1. The smallest absolute Gasteiger partial charge is 0.251 e. The molecule has 2 atom stereocenters. The van der Waals surface area contributed by atoms with Crippen molar-refractivity contribution in [1.29, 1.82) is 0 Å². The molecule has 1 fully saturated rings. The molecule has 2 unspecified atom stereocenters. The molecular weight excluding hydrogens is 350 g/mol. The van der Waals surface area contributed by atoms with Crippen molar-refractivity contribution in [2.24, 2.45) is 11.8 Å². The van der Waals surface area contributed by atoms with Gasteiger partial charge in [-0.15, -0.1) is 0 Å². The molecule has 0 aliphatic carbocycles. The van der Waals surface area contributed by atoms with Gasteiger partial charge in [0, 0.05) is 31.7 Å². The molecule has 26 heavy (non-hydrogen) atoms. The van der Waals surface area contributed by atoms with E-state index >= 15 is 0 Å². The summed E-state index contributed by atoms with van der Waals surface area (Å²) in [4.78, 5) is 12.4. The van der Waals surface area contributed by atoms with Gasteiger partial charge in [-0.2, -0.15) is 4.31 Å². The molecule has 0 aromatic heterocycles. The topological polar surface area (TPSA) is 78.5 Å². The Hall–Kier alpha value is -1.44. The SMILES string of the molecule is CCCNCCNC(=O)c1ccc(S(=O)(=O)N2CC(C)CC(C)C2)cc1. The maximum atomic E-state index is 12.8. The van der Waals surface area contributed by atoms with Crippen LogP contribution in [0.4, 0.5) is 0 Å². The predicted molar refractivity (Wildman–Crippen MR) is 104 cm³/mol. The summed E-state index contributed by atoms with van der Waals surface area (Å²) in [6, 6.07) is 6.23. The van der Waals surface area contributed by atoms with Crippen LogP contribution < -0.4 is 10.6 Å². The average molecular weight is 382 g/mol. The highest BCUT2D eigenvalue weighted by atomic mass is 32.2. The van der Waals surface area contributed by atoms with Crippen molar-refractivity contribution < 1.29 is 13.2 Å². The third kappa shape index (κ3) is 5.53. The second kappa shape index (κ2) is 9.48. The fraction of sp³-hybridized carbons (Fsp3) is 0.632. The monoisotopic (exact) mass is 381 g/mol. The Labute approximate surface area is 157 Å². The lowest BCUT2D eigenvalue weighted by atomic mass is 9.94. The summed E-state index contributed by atoms with van der Waals surface area (Å²) in [6.45, 7) is 9.56. The number of rotatable bonds is 8. The molecule has 1 heterocycles. The van der Waals surface area contributed by atoms with Crippen molar-refractivity contribution >= 4 is 15.9 Å². The molecular formula is C19H31N3O3S. The van der Waals surface area contributed by atoms with Gasteiger partial charge in [-0.1, -0.05) is 20.8 Å². The maximum absolute atomic E-state index is 12.8. The second-order valence-corrected chi connectivity index (χ2v) is 9.24. The Morgan fingerprint density at radius 3 is 2.27 bits per heavy atom. The number of amides is 1. The summed E-state index contributed by atoms with van der Waals surface area (Å²) in [5, 5.41) is 6.04. The highest BCUT2D eigenvalue weighted by molar-refractivity contribution is 7.89. The number of piperidine rings is 1. The van der Waals surface area contributed by atoms with Crippen LogP contribution in [0.15, 0.2) is 29.2 Å². The number of nitrogens with zero attached hydrogens (tertiary/aromatic N) is 1. The molecule has 1 aromatic carbocycles. The predicted octanol–water partition coefficient (Wildman–Crippen LogP) is 2.08. The molecule has 1 aromatic rings. The largest absolute Gasteiger partial charge is 0.351 e. The summed E-state index contributed by atoms with van der Waals surface area (Å²) >= 11 is 0. The average Bonchev–Trinajstić information content (AvgIpc) is 2.60. The van der Waals surface area contributed by atoms with Gasteiger partial charge in [-0.3, -0.25) is 4.79 Å². The van der Waals surface area contributed by atoms with Crippen molar-refractivity contribution in [3.8, 4) is 0 Å². The highest BCUT2D eigenvalue weighted by Crippen LogP contribution is 2.26. The fourth-order valence-electron chi connectivity index (χ4n) is 3.40. The molecule has 1 aliphatic rings. The molecule has 0 radical (unpaired) electrons. The molecule has 1 aliphatic heterocycles. The summed E-state index contributed by atoms with van der Waals surface area (Å²) in [7, 11) is -3.51. The third-order valence-electron chi connectivity index (χ3n) is 4.60. The van der Waals surface area contributed by atoms with E-state index < -0.39 is 10.0 Å². The maximum Gasteiger partial charge on any atom is 0.251 e. The third-order valence-corrected chi connectivity index (χ3v) is 6.45. The van der Waals surface area contributed by atoms with E-state index in [2.05, 4.69) is 31.4 Å². The van der Waals surface area contributed by atoms with E-state index in [1.165, 1.54) is 12.1 Å². The number of hydrogen-bond donors (Lipinski definition) is 2. The Morgan fingerprint density at radius 2 is 1.69 bits per heavy atom. The minimum absolute atomic E-state index is 0.188. The van der Waals surface area contributed by atoms with Crippen LogP contribution in [0.5, 0.6) is 0 Å². The molecule has 7 heteroatoms. The molecule has 1 saturated heterocycles. The number of sulfonamides is 1. The quantitative estimate of drug-likeness (QED) is 0.676. The normalized spacial score (nSPS) is 21.5. The molecule has 2 rings (SSSR count). The first-order chi connectivity index (χ1) is 12.3. The van der Waals surface area contributed by atoms with Crippen molar-refractivity contribution in [2.75, 3.05) is 32.7 Å². The first kappa shape index (κ1) is 20.9. The van der Waals surface area contributed by atoms with E-state index in [4.69, 9.17) is 0 Å². The molecule has 0 bridgehead atoms. The summed E-state index contributed by atoms with van der Waals surface area (Å²) in [5.74, 6) is 0.534. The van der Waals surface area contributed by atoms with E-state index in [0.717, 1.165) is 25.9 Å². The zero-order valence-corrected chi connectivity index (χ0v) is 16.8. The lowest BCUT2D eigenvalue weighted by Crippen LogP contribution is -2.42. The van der Waals surface area contributed by atoms with Crippen molar-refractivity contribution in [2.45, 2.75) is 38.5 Å². The molecule has 6 nitrogen and oxygen atoms in total. The van der Waals surface area contributed by atoms with Gasteiger partial charge >= 0.3 is 0 Å². The fourth-order valence-corrected chi connectivity index (χ4v) is 5.08. The zero-order valence-electron chi connectivity index (χ0n) is 16.0. The first-order valence-corrected chi connectivity index (χ1v) is 10.9. The lowest BCUT2D eigenvalue weighted by Gasteiger charge is -2.34. The number of benzene rings is 1. The summed E-state index contributed by atoms with van der Waals surface area (Å²) < 4.78 is 27.3. The van der Waals surface area contributed by atoms with Gasteiger partial charge in [0.2, 0.25) is 10.0 Å². The Morgan fingerprint density at radius 1 is 1.08 bits per heavy atom. The summed E-state index contributed by atoms with van der Waals surface area (Å²) in [6.07, 6.45) is 2.11. The van der Waals surface area contributed by atoms with Gasteiger partial charge in [0.25, 0.3) is 5.91 Å². The molecule has 146 valence electrons. The standard InChI is InChI=1S/C19H31N3O3S/c1-4-9-20-10-11-21-19(23)17-5-7-18(8-6-17)26(24,25)22-13-15(2)12-16(3)14-22/h5-8,15-16,20H,4,9-14H2,1-3H3,(H,21,23). The van der Waals surface area contributed by atoms with Crippen LogP contribution in [-0.2, 0) is 10.0 Å². The molecule has 0 spiro atoms. The van der Waals surface area contributed by atoms with Crippen LogP contribution in [0.25, 0.3) is 0 Å². The van der Waals surface area contributed by atoms with E-state index in [1.54, 1.807) is 16.4 Å². The van der Waals surface area contributed by atoms with Crippen LogP contribution in [-0.4, -0.2) is 51.4 Å². The highest BCUT2D eigenvalue weighted by Gasteiger charge is 2.31.